The van der Waals surface area contributed by atoms with E-state index in [0.717, 1.165) is 23.5 Å². The molecule has 1 atom stereocenters. The lowest BCUT2D eigenvalue weighted by molar-refractivity contribution is -0.119. The van der Waals surface area contributed by atoms with Crippen molar-refractivity contribution in [3.05, 3.63) is 54.4 Å². The van der Waals surface area contributed by atoms with Crippen molar-refractivity contribution in [2.75, 3.05) is 23.7 Å². The minimum atomic E-state index is 0.0121. The van der Waals surface area contributed by atoms with Crippen LogP contribution in [-0.4, -0.2) is 29.7 Å². The SMILES string of the molecule is C[C@H](NC(=O)CSc1ccncc1)c1cccc(N2CCCC2)c1. The molecule has 0 saturated carbocycles. The van der Waals surface area contributed by atoms with Crippen molar-refractivity contribution < 1.29 is 4.79 Å². The Morgan fingerprint density at radius 3 is 2.75 bits per heavy atom. The lowest BCUT2D eigenvalue weighted by Crippen LogP contribution is -2.28. The van der Waals surface area contributed by atoms with Gasteiger partial charge in [-0.2, -0.15) is 0 Å². The van der Waals surface area contributed by atoms with Crippen LogP contribution in [0.1, 0.15) is 31.4 Å². The average Bonchev–Trinajstić information content (AvgIpc) is 3.16. The number of benzene rings is 1. The van der Waals surface area contributed by atoms with Crippen molar-refractivity contribution in [2.24, 2.45) is 0 Å². The van der Waals surface area contributed by atoms with Crippen LogP contribution < -0.4 is 10.2 Å². The number of aromatic nitrogens is 1. The molecule has 1 amide bonds. The summed E-state index contributed by atoms with van der Waals surface area (Å²) in [5.41, 5.74) is 2.42. The first-order valence-corrected chi connectivity index (χ1v) is 9.38. The quantitative estimate of drug-likeness (QED) is 0.815. The van der Waals surface area contributed by atoms with Crippen LogP contribution in [0.25, 0.3) is 0 Å². The fraction of sp³-hybridized carbons (Fsp3) is 0.368. The van der Waals surface area contributed by atoms with E-state index in [2.05, 4.69) is 39.5 Å². The van der Waals surface area contributed by atoms with Crippen molar-refractivity contribution >= 4 is 23.4 Å². The van der Waals surface area contributed by atoms with Crippen LogP contribution in [0.5, 0.6) is 0 Å². The first-order valence-electron chi connectivity index (χ1n) is 8.39. The third kappa shape index (κ3) is 4.51. The Labute approximate surface area is 147 Å². The summed E-state index contributed by atoms with van der Waals surface area (Å²) < 4.78 is 0. The van der Waals surface area contributed by atoms with E-state index in [1.165, 1.54) is 30.3 Å². The second-order valence-electron chi connectivity index (χ2n) is 6.05. The van der Waals surface area contributed by atoms with E-state index in [-0.39, 0.29) is 11.9 Å². The maximum atomic E-state index is 12.2. The third-order valence-electron chi connectivity index (χ3n) is 4.24. The lowest BCUT2D eigenvalue weighted by Gasteiger charge is -2.20. The Balaban J connectivity index is 1.55. The molecule has 1 aliphatic heterocycles. The molecule has 4 nitrogen and oxygen atoms in total. The van der Waals surface area contributed by atoms with E-state index < -0.39 is 0 Å². The second kappa shape index (κ2) is 8.20. The molecule has 5 heteroatoms. The maximum Gasteiger partial charge on any atom is 0.230 e. The molecule has 3 rings (SSSR count). The Kier molecular flexibility index (Phi) is 5.75. The molecular formula is C19H23N3OS. The summed E-state index contributed by atoms with van der Waals surface area (Å²) in [4.78, 5) is 19.6. The van der Waals surface area contributed by atoms with Gasteiger partial charge in [0.05, 0.1) is 11.8 Å². The summed E-state index contributed by atoms with van der Waals surface area (Å²) >= 11 is 1.53. The van der Waals surface area contributed by atoms with Gasteiger partial charge in [0.25, 0.3) is 0 Å². The Morgan fingerprint density at radius 1 is 1.25 bits per heavy atom. The number of carbonyl (C=O) groups is 1. The number of hydrogen-bond acceptors (Lipinski definition) is 4. The average molecular weight is 341 g/mol. The van der Waals surface area contributed by atoms with Gasteiger partial charge in [-0.15, -0.1) is 11.8 Å². The number of pyridine rings is 1. The third-order valence-corrected chi connectivity index (χ3v) is 5.25. The number of hydrogen-bond donors (Lipinski definition) is 1. The molecule has 2 heterocycles. The van der Waals surface area contributed by atoms with Crippen molar-refractivity contribution in [1.29, 1.82) is 0 Å². The van der Waals surface area contributed by atoms with Gasteiger partial charge in [-0.25, -0.2) is 0 Å². The minimum Gasteiger partial charge on any atom is -0.372 e. The Morgan fingerprint density at radius 2 is 2.00 bits per heavy atom. The smallest absolute Gasteiger partial charge is 0.230 e. The van der Waals surface area contributed by atoms with Crippen LogP contribution in [0.2, 0.25) is 0 Å². The fourth-order valence-corrected chi connectivity index (χ4v) is 3.61. The lowest BCUT2D eigenvalue weighted by atomic mass is 10.1. The number of amides is 1. The standard InChI is InChI=1S/C19H23N3OS/c1-15(21-19(23)14-24-18-7-9-20-10-8-18)16-5-4-6-17(13-16)22-11-2-3-12-22/h4-10,13,15H,2-3,11-12,14H2,1H3,(H,21,23)/t15-/m0/s1. The molecule has 1 aliphatic rings. The summed E-state index contributed by atoms with van der Waals surface area (Å²) in [6.45, 7) is 4.30. The zero-order chi connectivity index (χ0) is 16.8. The van der Waals surface area contributed by atoms with Crippen LogP contribution in [-0.2, 0) is 4.79 Å². The molecule has 0 unspecified atom stereocenters. The predicted molar refractivity (Wildman–Crippen MR) is 99.4 cm³/mol. The predicted octanol–water partition coefficient (Wildman–Crippen LogP) is 3.65. The monoisotopic (exact) mass is 341 g/mol. The topological polar surface area (TPSA) is 45.2 Å². The highest BCUT2D eigenvalue weighted by Gasteiger charge is 2.15. The van der Waals surface area contributed by atoms with Gasteiger partial charge < -0.3 is 10.2 Å². The van der Waals surface area contributed by atoms with Gasteiger partial charge in [0.2, 0.25) is 5.91 Å². The molecule has 1 aromatic carbocycles. The number of nitrogens with zero attached hydrogens (tertiary/aromatic N) is 2. The highest BCUT2D eigenvalue weighted by atomic mass is 32.2. The Bertz CT molecular complexity index is 671. The van der Waals surface area contributed by atoms with Crippen molar-refractivity contribution in [3.8, 4) is 0 Å². The molecule has 1 saturated heterocycles. The Hall–Kier alpha value is -2.01. The second-order valence-corrected chi connectivity index (χ2v) is 7.10. The van der Waals surface area contributed by atoms with E-state index in [1.807, 2.05) is 19.1 Å². The van der Waals surface area contributed by atoms with E-state index >= 15 is 0 Å². The molecular weight excluding hydrogens is 318 g/mol. The summed E-state index contributed by atoms with van der Waals surface area (Å²) in [5.74, 6) is 0.469. The zero-order valence-electron chi connectivity index (χ0n) is 13.9. The van der Waals surface area contributed by atoms with Crippen molar-refractivity contribution in [3.63, 3.8) is 0 Å². The summed E-state index contributed by atoms with van der Waals surface area (Å²) in [6.07, 6.45) is 6.02. The first-order chi connectivity index (χ1) is 11.7. The van der Waals surface area contributed by atoms with Crippen LogP contribution in [0.3, 0.4) is 0 Å². The molecule has 0 bridgehead atoms. The van der Waals surface area contributed by atoms with Gasteiger partial charge in [-0.05, 0) is 49.6 Å². The fourth-order valence-electron chi connectivity index (χ4n) is 2.92. The largest absolute Gasteiger partial charge is 0.372 e. The van der Waals surface area contributed by atoms with E-state index in [1.54, 1.807) is 12.4 Å². The number of carbonyl (C=O) groups excluding carboxylic acids is 1. The number of anilines is 1. The molecule has 2 aromatic rings. The van der Waals surface area contributed by atoms with Gasteiger partial charge in [-0.3, -0.25) is 9.78 Å². The molecule has 0 radical (unpaired) electrons. The normalized spacial score (nSPS) is 15.3. The summed E-state index contributed by atoms with van der Waals surface area (Å²) in [6, 6.07) is 12.4. The molecule has 0 aliphatic carbocycles. The molecule has 1 aromatic heterocycles. The summed E-state index contributed by atoms with van der Waals surface area (Å²) in [7, 11) is 0. The van der Waals surface area contributed by atoms with Gasteiger partial charge in [0.15, 0.2) is 0 Å². The van der Waals surface area contributed by atoms with Crippen molar-refractivity contribution in [1.82, 2.24) is 10.3 Å². The molecule has 126 valence electrons. The van der Waals surface area contributed by atoms with Crippen LogP contribution in [0.4, 0.5) is 5.69 Å². The minimum absolute atomic E-state index is 0.0121. The molecule has 1 fully saturated rings. The van der Waals surface area contributed by atoms with Crippen LogP contribution >= 0.6 is 11.8 Å². The maximum absolute atomic E-state index is 12.2. The van der Waals surface area contributed by atoms with Crippen molar-refractivity contribution in [2.45, 2.75) is 30.7 Å². The van der Waals surface area contributed by atoms with Gasteiger partial charge >= 0.3 is 0 Å². The van der Waals surface area contributed by atoms with Gasteiger partial charge in [0.1, 0.15) is 0 Å². The molecule has 24 heavy (non-hydrogen) atoms. The first kappa shape index (κ1) is 16.8. The van der Waals surface area contributed by atoms with Crippen LogP contribution in [0.15, 0.2) is 53.7 Å². The van der Waals surface area contributed by atoms with E-state index in [9.17, 15) is 4.79 Å². The number of rotatable bonds is 6. The highest BCUT2D eigenvalue weighted by Crippen LogP contribution is 2.24. The highest BCUT2D eigenvalue weighted by molar-refractivity contribution is 8.00. The van der Waals surface area contributed by atoms with Crippen LogP contribution in [0, 0.1) is 0 Å². The van der Waals surface area contributed by atoms with Gasteiger partial charge in [-0.1, -0.05) is 12.1 Å². The molecule has 0 spiro atoms. The zero-order valence-corrected chi connectivity index (χ0v) is 14.8. The molecule has 1 N–H and O–H groups in total. The number of nitrogens with one attached hydrogen (secondary N) is 1. The summed E-state index contributed by atoms with van der Waals surface area (Å²) in [5, 5.41) is 3.09. The van der Waals surface area contributed by atoms with E-state index in [4.69, 9.17) is 0 Å². The van der Waals surface area contributed by atoms with E-state index in [0.29, 0.717) is 5.75 Å². The van der Waals surface area contributed by atoms with Gasteiger partial charge in [0, 0.05) is 36.1 Å². The number of thioether (sulfide) groups is 1.